The molecular formula is C15H16FNO4. The summed E-state index contributed by atoms with van der Waals surface area (Å²) in [5.41, 5.74) is 0.693. The van der Waals surface area contributed by atoms with E-state index >= 15 is 0 Å². The number of carboxylic acids is 1. The average Bonchev–Trinajstić information content (AvgIpc) is 3.27. The summed E-state index contributed by atoms with van der Waals surface area (Å²) in [6.07, 6.45) is 0.0521. The number of benzene rings is 1. The number of amides is 1. The highest BCUT2D eigenvalue weighted by molar-refractivity contribution is 5.89. The van der Waals surface area contributed by atoms with Crippen molar-refractivity contribution in [3.63, 3.8) is 0 Å². The van der Waals surface area contributed by atoms with Gasteiger partial charge in [-0.25, -0.2) is 4.39 Å². The summed E-state index contributed by atoms with van der Waals surface area (Å²) in [6.45, 7) is 1.16. The fourth-order valence-corrected chi connectivity index (χ4v) is 2.73. The quantitative estimate of drug-likeness (QED) is 0.916. The monoisotopic (exact) mass is 293 g/mol. The lowest BCUT2D eigenvalue weighted by atomic mass is 10.1. The number of hydrogen-bond donors (Lipinski definition) is 1. The second kappa shape index (κ2) is 5.44. The highest BCUT2D eigenvalue weighted by Crippen LogP contribution is 2.40. The molecule has 0 spiro atoms. The van der Waals surface area contributed by atoms with Gasteiger partial charge in [0.25, 0.3) is 0 Å². The highest BCUT2D eigenvalue weighted by Gasteiger charge is 2.50. The molecule has 1 amide bonds. The van der Waals surface area contributed by atoms with Crippen LogP contribution in [0, 0.1) is 17.7 Å². The Bertz CT molecular complexity index is 577. The lowest BCUT2D eigenvalue weighted by Gasteiger charge is -2.33. The minimum Gasteiger partial charge on any atom is -0.481 e. The molecule has 2 fully saturated rings. The smallest absolute Gasteiger partial charge is 0.307 e. The molecule has 0 unspecified atom stereocenters. The van der Waals surface area contributed by atoms with Crippen LogP contribution in [0.4, 0.5) is 4.39 Å². The first-order valence-electron chi connectivity index (χ1n) is 6.95. The molecule has 0 aromatic heterocycles. The van der Waals surface area contributed by atoms with Gasteiger partial charge in [-0.3, -0.25) is 9.59 Å². The molecule has 1 heterocycles. The van der Waals surface area contributed by atoms with E-state index in [1.807, 2.05) is 0 Å². The van der Waals surface area contributed by atoms with Gasteiger partial charge in [-0.05, 0) is 24.1 Å². The molecule has 3 rings (SSSR count). The largest absolute Gasteiger partial charge is 0.481 e. The molecule has 1 saturated carbocycles. The van der Waals surface area contributed by atoms with Crippen LogP contribution >= 0.6 is 0 Å². The molecule has 1 N–H and O–H groups in total. The van der Waals surface area contributed by atoms with Crippen LogP contribution < -0.4 is 0 Å². The summed E-state index contributed by atoms with van der Waals surface area (Å²) in [6, 6.07) is 6.13. The Labute approximate surface area is 121 Å². The van der Waals surface area contributed by atoms with Crippen LogP contribution in [0.15, 0.2) is 24.3 Å². The number of carboxylic acid groups (broad SMARTS) is 1. The van der Waals surface area contributed by atoms with Crippen molar-refractivity contribution in [1.29, 1.82) is 0 Å². The molecule has 1 aromatic carbocycles. The Morgan fingerprint density at radius 3 is 2.81 bits per heavy atom. The van der Waals surface area contributed by atoms with Crippen LogP contribution in [0.3, 0.4) is 0 Å². The summed E-state index contributed by atoms with van der Waals surface area (Å²) < 4.78 is 18.9. The molecule has 0 bridgehead atoms. The first-order chi connectivity index (χ1) is 10.1. The van der Waals surface area contributed by atoms with Gasteiger partial charge in [0, 0.05) is 6.54 Å². The zero-order valence-corrected chi connectivity index (χ0v) is 11.4. The Morgan fingerprint density at radius 1 is 1.33 bits per heavy atom. The van der Waals surface area contributed by atoms with Crippen molar-refractivity contribution in [2.75, 3.05) is 19.7 Å². The van der Waals surface area contributed by atoms with E-state index < -0.39 is 17.8 Å². The van der Waals surface area contributed by atoms with Crippen LogP contribution in [-0.4, -0.2) is 41.6 Å². The van der Waals surface area contributed by atoms with E-state index in [-0.39, 0.29) is 17.8 Å². The normalized spacial score (nSPS) is 28.2. The van der Waals surface area contributed by atoms with Crippen molar-refractivity contribution < 1.29 is 23.8 Å². The third-order valence-corrected chi connectivity index (χ3v) is 4.02. The Hall–Kier alpha value is -1.95. The van der Waals surface area contributed by atoms with Gasteiger partial charge in [0.05, 0.1) is 25.0 Å². The molecule has 1 aliphatic carbocycles. The Balaban J connectivity index is 1.66. The van der Waals surface area contributed by atoms with E-state index in [4.69, 9.17) is 9.84 Å². The van der Waals surface area contributed by atoms with Crippen LogP contribution in [0.25, 0.3) is 0 Å². The number of rotatable bonds is 3. The van der Waals surface area contributed by atoms with Crippen molar-refractivity contribution >= 4 is 11.9 Å². The molecular weight excluding hydrogens is 277 g/mol. The minimum atomic E-state index is -0.914. The molecule has 1 aromatic rings. The second-order valence-electron chi connectivity index (χ2n) is 5.49. The minimum absolute atomic E-state index is 0.132. The van der Waals surface area contributed by atoms with Crippen LogP contribution in [0.1, 0.15) is 18.1 Å². The summed E-state index contributed by atoms with van der Waals surface area (Å²) in [7, 11) is 0. The van der Waals surface area contributed by atoms with E-state index in [9.17, 15) is 14.0 Å². The average molecular weight is 293 g/mol. The van der Waals surface area contributed by atoms with Gasteiger partial charge in [0.2, 0.25) is 5.91 Å². The summed E-state index contributed by atoms with van der Waals surface area (Å²) in [5, 5.41) is 8.89. The zero-order valence-electron chi connectivity index (χ0n) is 11.4. The lowest BCUT2D eigenvalue weighted by molar-refractivity contribution is -0.145. The van der Waals surface area contributed by atoms with Gasteiger partial charge in [-0.1, -0.05) is 12.1 Å². The number of carbonyl (C=O) groups excluding carboxylic acids is 1. The maximum Gasteiger partial charge on any atom is 0.307 e. The molecule has 3 atom stereocenters. The predicted molar refractivity (Wildman–Crippen MR) is 70.9 cm³/mol. The standard InChI is InChI=1S/C15H16FNO4/c16-10-3-1-2-9(6-10)13-8-17(4-5-21-13)14(18)11-7-12(11)15(19)20/h1-3,6,11-13H,4-5,7-8H2,(H,19,20)/t11-,12+,13+/m0/s1. The number of hydrogen-bond acceptors (Lipinski definition) is 3. The number of morpholine rings is 1. The molecule has 1 saturated heterocycles. The van der Waals surface area contributed by atoms with E-state index in [1.54, 1.807) is 17.0 Å². The van der Waals surface area contributed by atoms with Gasteiger partial charge < -0.3 is 14.7 Å². The third kappa shape index (κ3) is 2.90. The third-order valence-electron chi connectivity index (χ3n) is 4.02. The zero-order chi connectivity index (χ0) is 15.0. The Kier molecular flexibility index (Phi) is 3.63. The van der Waals surface area contributed by atoms with Gasteiger partial charge in [-0.2, -0.15) is 0 Å². The van der Waals surface area contributed by atoms with Crippen LogP contribution in [-0.2, 0) is 14.3 Å². The summed E-state index contributed by atoms with van der Waals surface area (Å²) in [5.74, 6) is -2.34. The van der Waals surface area contributed by atoms with Crippen molar-refractivity contribution in [3.8, 4) is 0 Å². The highest BCUT2D eigenvalue weighted by atomic mass is 19.1. The van der Waals surface area contributed by atoms with Gasteiger partial charge in [0.1, 0.15) is 11.9 Å². The predicted octanol–water partition coefficient (Wildman–Crippen LogP) is 1.45. The molecule has 2 aliphatic rings. The van der Waals surface area contributed by atoms with E-state index in [1.165, 1.54) is 12.1 Å². The molecule has 6 heteroatoms. The summed E-state index contributed by atoms with van der Waals surface area (Å²) >= 11 is 0. The maximum absolute atomic E-state index is 13.3. The number of nitrogens with zero attached hydrogens (tertiary/aromatic N) is 1. The molecule has 0 radical (unpaired) electrons. The fourth-order valence-electron chi connectivity index (χ4n) is 2.73. The number of halogens is 1. The van der Waals surface area contributed by atoms with Crippen LogP contribution in [0.2, 0.25) is 0 Å². The number of ether oxygens (including phenoxy) is 1. The van der Waals surface area contributed by atoms with Crippen molar-refractivity contribution in [1.82, 2.24) is 4.90 Å². The lowest BCUT2D eigenvalue weighted by Crippen LogP contribution is -2.43. The number of carbonyl (C=O) groups is 2. The van der Waals surface area contributed by atoms with Crippen molar-refractivity contribution in [2.45, 2.75) is 12.5 Å². The second-order valence-corrected chi connectivity index (χ2v) is 5.49. The van der Waals surface area contributed by atoms with E-state index in [0.717, 1.165) is 0 Å². The van der Waals surface area contributed by atoms with Crippen LogP contribution in [0.5, 0.6) is 0 Å². The van der Waals surface area contributed by atoms with Gasteiger partial charge in [-0.15, -0.1) is 0 Å². The first kappa shape index (κ1) is 14.0. The maximum atomic E-state index is 13.3. The van der Waals surface area contributed by atoms with E-state index in [2.05, 4.69) is 0 Å². The molecule has 112 valence electrons. The molecule has 1 aliphatic heterocycles. The molecule has 21 heavy (non-hydrogen) atoms. The van der Waals surface area contributed by atoms with Gasteiger partial charge >= 0.3 is 5.97 Å². The van der Waals surface area contributed by atoms with E-state index in [0.29, 0.717) is 31.7 Å². The first-order valence-corrected chi connectivity index (χ1v) is 6.95. The fraction of sp³-hybridized carbons (Fsp3) is 0.467. The SMILES string of the molecule is O=C(O)[C@@H]1C[C@@H]1C(=O)N1CCO[C@@H](c2cccc(F)c2)C1. The Morgan fingerprint density at radius 2 is 2.14 bits per heavy atom. The topological polar surface area (TPSA) is 66.8 Å². The van der Waals surface area contributed by atoms with Gasteiger partial charge in [0.15, 0.2) is 0 Å². The van der Waals surface area contributed by atoms with Crippen molar-refractivity contribution in [2.24, 2.45) is 11.8 Å². The number of aliphatic carboxylic acids is 1. The van der Waals surface area contributed by atoms with Crippen molar-refractivity contribution in [3.05, 3.63) is 35.6 Å². The molecule has 5 nitrogen and oxygen atoms in total. The summed E-state index contributed by atoms with van der Waals surface area (Å²) in [4.78, 5) is 24.7.